The van der Waals surface area contributed by atoms with Gasteiger partial charge in [0.15, 0.2) is 0 Å². The van der Waals surface area contributed by atoms with Crippen LogP contribution in [-0.2, 0) is 6.42 Å². The van der Waals surface area contributed by atoms with E-state index in [1.54, 1.807) is 0 Å². The van der Waals surface area contributed by atoms with Crippen LogP contribution >= 0.6 is 0 Å². The molecule has 1 aliphatic heterocycles. The van der Waals surface area contributed by atoms with Crippen LogP contribution in [0.1, 0.15) is 50.3 Å². The maximum Gasteiger partial charge on any atom is 0.0942 e. The average molecular weight is 247 g/mol. The van der Waals surface area contributed by atoms with Crippen LogP contribution in [0.4, 0.5) is 0 Å². The zero-order valence-corrected chi connectivity index (χ0v) is 11.5. The Morgan fingerprint density at radius 3 is 2.50 bits per heavy atom. The largest absolute Gasteiger partial charge is 0.387 e. The summed E-state index contributed by atoms with van der Waals surface area (Å²) >= 11 is 0. The predicted octanol–water partition coefficient (Wildman–Crippen LogP) is 3.06. The Kier molecular flexibility index (Phi) is 4.79. The number of hydrogen-bond donors (Lipinski definition) is 2. The predicted molar refractivity (Wildman–Crippen MR) is 75.6 cm³/mol. The van der Waals surface area contributed by atoms with Crippen LogP contribution < -0.4 is 5.32 Å². The summed E-state index contributed by atoms with van der Waals surface area (Å²) in [6, 6.07) is 8.70. The number of hydrogen-bond acceptors (Lipinski definition) is 2. The van der Waals surface area contributed by atoms with Crippen LogP contribution in [0.25, 0.3) is 0 Å². The molecule has 2 N–H and O–H groups in total. The van der Waals surface area contributed by atoms with Gasteiger partial charge in [-0.1, -0.05) is 44.5 Å². The van der Waals surface area contributed by atoms with Crippen LogP contribution in [0.2, 0.25) is 0 Å². The smallest absolute Gasteiger partial charge is 0.0942 e. The monoisotopic (exact) mass is 247 g/mol. The van der Waals surface area contributed by atoms with Crippen LogP contribution in [0.3, 0.4) is 0 Å². The Balaban J connectivity index is 1.99. The molecule has 1 aromatic carbocycles. The maximum atomic E-state index is 10.4. The van der Waals surface area contributed by atoms with Gasteiger partial charge in [0.1, 0.15) is 0 Å². The molecule has 1 fully saturated rings. The van der Waals surface area contributed by atoms with Gasteiger partial charge in [0.25, 0.3) is 0 Å². The Labute approximate surface area is 110 Å². The fraction of sp³-hybridized carbons (Fsp3) is 0.625. The van der Waals surface area contributed by atoms with Crippen molar-refractivity contribution in [1.29, 1.82) is 0 Å². The summed E-state index contributed by atoms with van der Waals surface area (Å²) in [5.74, 6) is 0.681. The molecule has 1 saturated heterocycles. The second kappa shape index (κ2) is 6.35. The van der Waals surface area contributed by atoms with Crippen molar-refractivity contribution < 1.29 is 5.11 Å². The molecule has 2 nitrogen and oxygen atoms in total. The van der Waals surface area contributed by atoms with E-state index in [4.69, 9.17) is 0 Å². The number of piperidine rings is 1. The van der Waals surface area contributed by atoms with Gasteiger partial charge in [-0.05, 0) is 42.9 Å². The van der Waals surface area contributed by atoms with Crippen molar-refractivity contribution in [2.75, 3.05) is 6.54 Å². The van der Waals surface area contributed by atoms with Crippen molar-refractivity contribution in [2.45, 2.75) is 51.7 Å². The lowest BCUT2D eigenvalue weighted by molar-refractivity contribution is 0.114. The van der Waals surface area contributed by atoms with Gasteiger partial charge >= 0.3 is 0 Å². The normalized spacial score (nSPS) is 22.1. The Morgan fingerprint density at radius 1 is 1.22 bits per heavy atom. The van der Waals surface area contributed by atoms with Crippen molar-refractivity contribution in [2.24, 2.45) is 5.92 Å². The molecule has 0 aliphatic carbocycles. The van der Waals surface area contributed by atoms with Gasteiger partial charge in [0.2, 0.25) is 0 Å². The third-order valence-corrected chi connectivity index (χ3v) is 3.69. The lowest BCUT2D eigenvalue weighted by Gasteiger charge is -2.28. The molecule has 0 aromatic heterocycles. The zero-order valence-electron chi connectivity index (χ0n) is 11.5. The third-order valence-electron chi connectivity index (χ3n) is 3.69. The second-order valence-corrected chi connectivity index (χ2v) is 5.84. The van der Waals surface area contributed by atoms with E-state index in [0.29, 0.717) is 5.92 Å². The van der Waals surface area contributed by atoms with Crippen LogP contribution in [0.15, 0.2) is 24.3 Å². The number of aliphatic hydroxyl groups excluding tert-OH is 1. The first-order valence-corrected chi connectivity index (χ1v) is 7.17. The first kappa shape index (κ1) is 13.6. The van der Waals surface area contributed by atoms with Gasteiger partial charge in [-0.3, -0.25) is 0 Å². The fourth-order valence-electron chi connectivity index (χ4n) is 2.70. The first-order valence-electron chi connectivity index (χ1n) is 7.17. The summed E-state index contributed by atoms with van der Waals surface area (Å²) in [7, 11) is 0. The molecule has 2 heteroatoms. The van der Waals surface area contributed by atoms with Gasteiger partial charge in [-0.2, -0.15) is 0 Å². The number of rotatable bonds is 4. The molecule has 2 rings (SSSR count). The summed E-state index contributed by atoms with van der Waals surface area (Å²) in [6.45, 7) is 5.50. The van der Waals surface area contributed by atoms with E-state index in [1.165, 1.54) is 18.4 Å². The van der Waals surface area contributed by atoms with Crippen molar-refractivity contribution in [1.82, 2.24) is 5.32 Å². The Bertz CT molecular complexity index is 352. The highest BCUT2D eigenvalue weighted by Gasteiger charge is 2.22. The van der Waals surface area contributed by atoms with Crippen LogP contribution in [-0.4, -0.2) is 17.7 Å². The molecule has 100 valence electrons. The summed E-state index contributed by atoms with van der Waals surface area (Å²) in [5.41, 5.74) is 2.40. The van der Waals surface area contributed by atoms with Gasteiger partial charge < -0.3 is 10.4 Å². The van der Waals surface area contributed by atoms with Gasteiger partial charge in [-0.15, -0.1) is 0 Å². The molecular weight excluding hydrogens is 222 g/mol. The van der Waals surface area contributed by atoms with E-state index < -0.39 is 0 Å². The van der Waals surface area contributed by atoms with Crippen molar-refractivity contribution >= 4 is 0 Å². The first-order chi connectivity index (χ1) is 8.66. The molecule has 2 atom stereocenters. The van der Waals surface area contributed by atoms with E-state index in [2.05, 4.69) is 43.4 Å². The molecular formula is C16H25NO. The lowest BCUT2D eigenvalue weighted by Crippen LogP contribution is -2.38. The highest BCUT2D eigenvalue weighted by Crippen LogP contribution is 2.23. The van der Waals surface area contributed by atoms with Gasteiger partial charge in [0, 0.05) is 6.04 Å². The van der Waals surface area contributed by atoms with Crippen molar-refractivity contribution in [3.05, 3.63) is 35.4 Å². The van der Waals surface area contributed by atoms with Crippen LogP contribution in [0, 0.1) is 5.92 Å². The summed E-state index contributed by atoms with van der Waals surface area (Å²) < 4.78 is 0. The SMILES string of the molecule is CC(C)Cc1ccc(C(O)C2CCCCN2)cc1. The number of benzene rings is 1. The number of nitrogens with one attached hydrogen (secondary N) is 1. The van der Waals surface area contributed by atoms with E-state index in [0.717, 1.165) is 24.9 Å². The molecule has 0 amide bonds. The fourth-order valence-corrected chi connectivity index (χ4v) is 2.70. The van der Waals surface area contributed by atoms with E-state index in [-0.39, 0.29) is 12.1 Å². The Hall–Kier alpha value is -0.860. The van der Waals surface area contributed by atoms with Crippen molar-refractivity contribution in [3.8, 4) is 0 Å². The minimum absolute atomic E-state index is 0.231. The molecule has 0 bridgehead atoms. The van der Waals surface area contributed by atoms with E-state index in [9.17, 15) is 5.11 Å². The molecule has 1 aromatic rings. The third kappa shape index (κ3) is 3.56. The molecule has 2 unspecified atom stereocenters. The summed E-state index contributed by atoms with van der Waals surface area (Å²) in [4.78, 5) is 0. The maximum absolute atomic E-state index is 10.4. The number of aliphatic hydroxyl groups is 1. The second-order valence-electron chi connectivity index (χ2n) is 5.84. The lowest BCUT2D eigenvalue weighted by atomic mass is 9.93. The quantitative estimate of drug-likeness (QED) is 0.857. The van der Waals surface area contributed by atoms with E-state index in [1.807, 2.05) is 0 Å². The molecule has 0 radical (unpaired) electrons. The zero-order chi connectivity index (χ0) is 13.0. The standard InChI is InChI=1S/C16H25NO/c1-12(2)11-13-6-8-14(9-7-13)16(18)15-5-3-4-10-17-15/h6-9,12,15-18H,3-5,10-11H2,1-2H3. The molecule has 18 heavy (non-hydrogen) atoms. The summed E-state index contributed by atoms with van der Waals surface area (Å²) in [5, 5.41) is 13.8. The molecule has 0 spiro atoms. The average Bonchev–Trinajstić information content (AvgIpc) is 2.39. The van der Waals surface area contributed by atoms with E-state index >= 15 is 0 Å². The topological polar surface area (TPSA) is 32.3 Å². The highest BCUT2D eigenvalue weighted by atomic mass is 16.3. The minimum atomic E-state index is -0.363. The van der Waals surface area contributed by atoms with Crippen LogP contribution in [0.5, 0.6) is 0 Å². The van der Waals surface area contributed by atoms with Gasteiger partial charge in [-0.25, -0.2) is 0 Å². The van der Waals surface area contributed by atoms with Gasteiger partial charge in [0.05, 0.1) is 6.10 Å². The Morgan fingerprint density at radius 2 is 1.94 bits per heavy atom. The summed E-state index contributed by atoms with van der Waals surface area (Å²) in [6.07, 6.45) is 4.28. The highest BCUT2D eigenvalue weighted by molar-refractivity contribution is 5.25. The molecule has 1 heterocycles. The van der Waals surface area contributed by atoms with Crippen molar-refractivity contribution in [3.63, 3.8) is 0 Å². The molecule has 1 aliphatic rings. The molecule has 0 saturated carbocycles. The minimum Gasteiger partial charge on any atom is -0.387 e.